The molecule has 2 aromatic rings. The van der Waals surface area contributed by atoms with E-state index in [9.17, 15) is 4.79 Å². The third kappa shape index (κ3) is 5.37. The van der Waals surface area contributed by atoms with Crippen LogP contribution in [0.15, 0.2) is 67.3 Å². The molecule has 4 atom stereocenters. The van der Waals surface area contributed by atoms with E-state index in [1.807, 2.05) is 49.6 Å². The Kier molecular flexibility index (Phi) is 8.53. The van der Waals surface area contributed by atoms with Crippen molar-refractivity contribution in [2.45, 2.75) is 50.7 Å². The highest BCUT2D eigenvalue weighted by molar-refractivity contribution is 5.94. The van der Waals surface area contributed by atoms with Crippen LogP contribution in [0.25, 0.3) is 0 Å². The molecule has 1 heterocycles. The summed E-state index contributed by atoms with van der Waals surface area (Å²) in [5, 5.41) is 0. The number of nitrogens with zero attached hydrogens (tertiary/aromatic N) is 2. The van der Waals surface area contributed by atoms with Gasteiger partial charge in [-0.25, -0.2) is 0 Å². The fourth-order valence-corrected chi connectivity index (χ4v) is 6.54. The lowest BCUT2D eigenvalue weighted by molar-refractivity contribution is -0.0804. The number of methoxy groups -OCH3 is 2. The van der Waals surface area contributed by atoms with E-state index in [1.165, 1.54) is 5.56 Å². The summed E-state index contributed by atoms with van der Waals surface area (Å²) in [6, 6.07) is 18.4. The Morgan fingerprint density at radius 2 is 1.97 bits per heavy atom. The fraction of sp³-hybridized carbons (Fsp3) is 0.516. The van der Waals surface area contributed by atoms with E-state index in [0.29, 0.717) is 11.8 Å². The van der Waals surface area contributed by atoms with Crippen molar-refractivity contribution in [2.24, 2.45) is 11.8 Å². The highest BCUT2D eigenvalue weighted by Gasteiger charge is 2.53. The molecule has 1 amide bonds. The molecule has 0 N–H and O–H groups in total. The molecule has 0 spiro atoms. The smallest absolute Gasteiger partial charge is 0.254 e. The van der Waals surface area contributed by atoms with Crippen molar-refractivity contribution in [2.75, 3.05) is 40.4 Å². The molecule has 1 aliphatic carbocycles. The molecular formula is C31H42N2O3. The maximum Gasteiger partial charge on any atom is 0.254 e. The Balaban J connectivity index is 1.76. The van der Waals surface area contributed by atoms with Gasteiger partial charge in [-0.1, -0.05) is 50.3 Å². The van der Waals surface area contributed by atoms with E-state index in [-0.39, 0.29) is 23.5 Å². The number of hydrogen-bond donors (Lipinski definition) is 0. The lowest BCUT2D eigenvalue weighted by Gasteiger charge is -2.57. The van der Waals surface area contributed by atoms with Crippen LogP contribution in [0.1, 0.15) is 49.0 Å². The Bertz CT molecular complexity index is 1020. The normalized spacial score (nSPS) is 26.3. The Hall–Kier alpha value is -2.63. The third-order valence-electron chi connectivity index (χ3n) is 8.21. The zero-order chi connectivity index (χ0) is 25.7. The molecule has 2 fully saturated rings. The quantitative estimate of drug-likeness (QED) is 0.441. The third-order valence-corrected chi connectivity index (χ3v) is 8.21. The van der Waals surface area contributed by atoms with E-state index in [4.69, 9.17) is 9.47 Å². The van der Waals surface area contributed by atoms with Crippen LogP contribution in [-0.4, -0.2) is 68.3 Å². The van der Waals surface area contributed by atoms with E-state index in [1.54, 1.807) is 7.11 Å². The van der Waals surface area contributed by atoms with Crippen LogP contribution in [0, 0.1) is 11.8 Å². The van der Waals surface area contributed by atoms with Crippen molar-refractivity contribution in [1.82, 2.24) is 9.80 Å². The van der Waals surface area contributed by atoms with Gasteiger partial charge in [0.2, 0.25) is 0 Å². The van der Waals surface area contributed by atoms with E-state index in [0.717, 1.165) is 56.8 Å². The largest absolute Gasteiger partial charge is 0.497 e. The fourth-order valence-electron chi connectivity index (χ4n) is 6.54. The maximum atomic E-state index is 13.9. The lowest BCUT2D eigenvalue weighted by Crippen LogP contribution is -2.62. The Labute approximate surface area is 217 Å². The van der Waals surface area contributed by atoms with Gasteiger partial charge in [0.05, 0.1) is 13.2 Å². The van der Waals surface area contributed by atoms with E-state index in [2.05, 4.69) is 48.4 Å². The number of fused-ring (bicyclic) bond motifs is 1. The molecule has 4 rings (SSSR count). The van der Waals surface area contributed by atoms with Crippen molar-refractivity contribution in [1.29, 1.82) is 0 Å². The molecule has 1 aliphatic heterocycles. The minimum absolute atomic E-state index is 0.0563. The van der Waals surface area contributed by atoms with Gasteiger partial charge >= 0.3 is 0 Å². The van der Waals surface area contributed by atoms with Gasteiger partial charge in [-0.2, -0.15) is 0 Å². The number of likely N-dealkylation sites (tertiary alicyclic amines) is 1. The molecule has 194 valence electrons. The first-order valence-electron chi connectivity index (χ1n) is 13.3. The summed E-state index contributed by atoms with van der Waals surface area (Å²) < 4.78 is 11.9. The van der Waals surface area contributed by atoms with Gasteiger partial charge in [-0.15, -0.1) is 6.58 Å². The first-order valence-corrected chi connectivity index (χ1v) is 13.3. The molecule has 0 aromatic heterocycles. The van der Waals surface area contributed by atoms with Crippen molar-refractivity contribution in [3.05, 3.63) is 78.4 Å². The molecule has 0 bridgehead atoms. The minimum Gasteiger partial charge on any atom is -0.497 e. The first kappa shape index (κ1) is 26.4. The van der Waals surface area contributed by atoms with Gasteiger partial charge in [0.25, 0.3) is 5.91 Å². The second-order valence-electron chi connectivity index (χ2n) is 10.9. The van der Waals surface area contributed by atoms with Gasteiger partial charge in [-0.3, -0.25) is 9.69 Å². The van der Waals surface area contributed by atoms with Gasteiger partial charge in [-0.05, 0) is 61.6 Å². The van der Waals surface area contributed by atoms with Gasteiger partial charge < -0.3 is 14.4 Å². The molecule has 1 saturated carbocycles. The van der Waals surface area contributed by atoms with Crippen LogP contribution >= 0.6 is 0 Å². The number of hydrogen-bond acceptors (Lipinski definition) is 4. The second kappa shape index (κ2) is 11.6. The number of amides is 1. The molecule has 2 aliphatic rings. The van der Waals surface area contributed by atoms with Crippen LogP contribution in [0.2, 0.25) is 0 Å². The summed E-state index contributed by atoms with van der Waals surface area (Å²) >= 11 is 0. The Morgan fingerprint density at radius 1 is 1.19 bits per heavy atom. The number of piperidine rings is 1. The molecule has 0 radical (unpaired) electrons. The minimum atomic E-state index is -0.0952. The molecule has 5 heteroatoms. The number of carbonyl (C=O) groups excluding carboxylic acids is 1. The highest BCUT2D eigenvalue weighted by atomic mass is 16.5. The van der Waals surface area contributed by atoms with Crippen LogP contribution in [0.5, 0.6) is 5.75 Å². The first-order chi connectivity index (χ1) is 17.4. The molecule has 2 aromatic carbocycles. The zero-order valence-electron chi connectivity index (χ0n) is 22.4. The van der Waals surface area contributed by atoms with Crippen molar-refractivity contribution < 1.29 is 14.3 Å². The summed E-state index contributed by atoms with van der Waals surface area (Å²) in [5.41, 5.74) is 1.96. The van der Waals surface area contributed by atoms with Crippen LogP contribution in [-0.2, 0) is 10.2 Å². The van der Waals surface area contributed by atoms with Crippen molar-refractivity contribution in [3.63, 3.8) is 0 Å². The molecule has 1 unspecified atom stereocenters. The predicted molar refractivity (Wildman–Crippen MR) is 146 cm³/mol. The summed E-state index contributed by atoms with van der Waals surface area (Å²) in [6.45, 7) is 11.9. The zero-order valence-corrected chi connectivity index (χ0v) is 22.4. The maximum absolute atomic E-state index is 13.9. The van der Waals surface area contributed by atoms with E-state index < -0.39 is 0 Å². The summed E-state index contributed by atoms with van der Waals surface area (Å²) in [6.07, 6.45) is 4.84. The predicted octanol–water partition coefficient (Wildman–Crippen LogP) is 5.42. The summed E-state index contributed by atoms with van der Waals surface area (Å²) in [4.78, 5) is 18.5. The van der Waals surface area contributed by atoms with Crippen LogP contribution in [0.4, 0.5) is 0 Å². The number of rotatable bonds is 9. The summed E-state index contributed by atoms with van der Waals surface area (Å²) in [7, 11) is 3.56. The second-order valence-corrected chi connectivity index (χ2v) is 10.9. The number of benzene rings is 2. The monoisotopic (exact) mass is 490 g/mol. The van der Waals surface area contributed by atoms with E-state index >= 15 is 0 Å². The number of carbonyl (C=O) groups is 1. The number of ether oxygens (including phenoxy) is 2. The Morgan fingerprint density at radius 3 is 2.64 bits per heavy atom. The summed E-state index contributed by atoms with van der Waals surface area (Å²) in [5.74, 6) is 1.70. The topological polar surface area (TPSA) is 42.0 Å². The molecular weight excluding hydrogens is 448 g/mol. The van der Waals surface area contributed by atoms with Gasteiger partial charge in [0, 0.05) is 49.7 Å². The standard InChI is InChI=1S/C31H42N2O3/c1-6-16-32-17-15-31(25-13-10-14-27(18-25)35-4)20-26(19-29(36-5)28(31)22-32)33(21-23(2)3)30(34)24-11-8-7-9-12-24/h6-14,18,23,26,28-29H,1,15-17,19-22H2,2-5H3/t26-,28-,29?,31-/m0/s1. The molecule has 5 nitrogen and oxygen atoms in total. The average molecular weight is 491 g/mol. The van der Waals surface area contributed by atoms with Crippen molar-refractivity contribution >= 4 is 5.91 Å². The van der Waals surface area contributed by atoms with Crippen LogP contribution in [0.3, 0.4) is 0 Å². The molecule has 1 saturated heterocycles. The lowest BCUT2D eigenvalue weighted by atomic mass is 9.56. The van der Waals surface area contributed by atoms with Crippen molar-refractivity contribution in [3.8, 4) is 5.75 Å². The highest BCUT2D eigenvalue weighted by Crippen LogP contribution is 2.51. The SMILES string of the molecule is C=CCN1CC[C@@]2(c3cccc(OC)c3)C[C@@H](N(CC(C)C)C(=O)c3ccccc3)CC(OC)[C@@H]2C1. The van der Waals surface area contributed by atoms with Crippen LogP contribution < -0.4 is 4.74 Å². The molecule has 36 heavy (non-hydrogen) atoms. The van der Waals surface area contributed by atoms with Gasteiger partial charge in [0.15, 0.2) is 0 Å². The van der Waals surface area contributed by atoms with Gasteiger partial charge in [0.1, 0.15) is 5.75 Å². The average Bonchev–Trinajstić information content (AvgIpc) is 2.91.